The predicted molar refractivity (Wildman–Crippen MR) is 47.8 cm³/mol. The van der Waals surface area contributed by atoms with Crippen molar-refractivity contribution in [1.29, 1.82) is 0 Å². The average molecular weight is 232 g/mol. The average Bonchev–Trinajstić information content (AvgIpc) is 2.20. The Hall–Kier alpha value is -1.85. The van der Waals surface area contributed by atoms with Crippen molar-refractivity contribution in [2.75, 3.05) is 0 Å². The summed E-state index contributed by atoms with van der Waals surface area (Å²) in [5.41, 5.74) is -1.27. The van der Waals surface area contributed by atoms with Gasteiger partial charge in [-0.3, -0.25) is 4.79 Å². The number of hydrogen-bond donors (Lipinski definition) is 1. The summed E-state index contributed by atoms with van der Waals surface area (Å²) in [5.74, 6) is -6.58. The van der Waals surface area contributed by atoms with Gasteiger partial charge in [-0.05, 0) is 24.6 Å². The highest BCUT2D eigenvalue weighted by atomic mass is 19.2. The SMILES string of the molecule is CC(F)c1cc(F)c(F)c(C(=O)C(=O)O)c1. The Morgan fingerprint density at radius 1 is 1.31 bits per heavy atom. The number of carbonyl (C=O) groups excluding carboxylic acids is 1. The Morgan fingerprint density at radius 2 is 1.88 bits per heavy atom. The molecule has 0 bridgehead atoms. The first-order chi connectivity index (χ1) is 7.34. The number of aliphatic carboxylic acids is 1. The summed E-state index contributed by atoms with van der Waals surface area (Å²) < 4.78 is 38.9. The fourth-order valence-corrected chi connectivity index (χ4v) is 1.12. The van der Waals surface area contributed by atoms with Gasteiger partial charge in [0.1, 0.15) is 6.17 Å². The molecule has 1 unspecified atom stereocenters. The van der Waals surface area contributed by atoms with Gasteiger partial charge in [0, 0.05) is 0 Å². The van der Waals surface area contributed by atoms with Crippen molar-refractivity contribution in [2.45, 2.75) is 13.1 Å². The van der Waals surface area contributed by atoms with Crippen LogP contribution in [0.2, 0.25) is 0 Å². The third-order valence-corrected chi connectivity index (χ3v) is 1.95. The molecule has 1 atom stereocenters. The quantitative estimate of drug-likeness (QED) is 0.642. The highest BCUT2D eigenvalue weighted by Crippen LogP contribution is 2.22. The number of carbonyl (C=O) groups is 2. The largest absolute Gasteiger partial charge is 0.475 e. The maximum atomic E-state index is 13.1. The van der Waals surface area contributed by atoms with E-state index in [0.717, 1.165) is 6.92 Å². The first kappa shape index (κ1) is 12.2. The van der Waals surface area contributed by atoms with Gasteiger partial charge in [0.2, 0.25) is 0 Å². The number of halogens is 3. The number of benzene rings is 1. The molecule has 16 heavy (non-hydrogen) atoms. The minimum absolute atomic E-state index is 0.288. The monoisotopic (exact) mass is 232 g/mol. The molecule has 0 aromatic heterocycles. The number of ketones is 1. The molecule has 0 saturated carbocycles. The normalized spacial score (nSPS) is 12.2. The Balaban J connectivity index is 3.38. The highest BCUT2D eigenvalue weighted by Gasteiger charge is 2.23. The Morgan fingerprint density at radius 3 is 2.31 bits per heavy atom. The highest BCUT2D eigenvalue weighted by molar-refractivity contribution is 6.39. The lowest BCUT2D eigenvalue weighted by molar-refractivity contribution is -0.131. The number of carboxylic acids is 1. The van der Waals surface area contributed by atoms with Gasteiger partial charge in [0.25, 0.3) is 5.78 Å². The second-order valence-corrected chi connectivity index (χ2v) is 3.11. The Bertz CT molecular complexity index is 455. The van der Waals surface area contributed by atoms with Crippen LogP contribution < -0.4 is 0 Å². The lowest BCUT2D eigenvalue weighted by Crippen LogP contribution is -2.16. The fraction of sp³-hybridized carbons (Fsp3) is 0.200. The van der Waals surface area contributed by atoms with Crippen molar-refractivity contribution in [3.8, 4) is 0 Å². The Labute approximate surface area is 88.5 Å². The maximum Gasteiger partial charge on any atom is 0.377 e. The van der Waals surface area contributed by atoms with Crippen LogP contribution in [0.4, 0.5) is 13.2 Å². The molecule has 1 N–H and O–H groups in total. The summed E-state index contributed by atoms with van der Waals surface area (Å²) in [5, 5.41) is 8.35. The molecule has 0 amide bonds. The van der Waals surface area contributed by atoms with E-state index in [-0.39, 0.29) is 5.56 Å². The summed E-state index contributed by atoms with van der Waals surface area (Å²) in [7, 11) is 0. The van der Waals surface area contributed by atoms with Crippen molar-refractivity contribution >= 4 is 11.8 Å². The van der Waals surface area contributed by atoms with E-state index < -0.39 is 35.1 Å². The Kier molecular flexibility index (Phi) is 3.31. The minimum atomic E-state index is -1.93. The summed E-state index contributed by atoms with van der Waals surface area (Å²) in [6.07, 6.45) is -1.63. The lowest BCUT2D eigenvalue weighted by atomic mass is 10.0. The molecule has 86 valence electrons. The van der Waals surface area contributed by atoms with Gasteiger partial charge in [-0.2, -0.15) is 0 Å². The molecule has 0 heterocycles. The molecule has 0 aliphatic rings. The third-order valence-electron chi connectivity index (χ3n) is 1.95. The van der Waals surface area contributed by atoms with Gasteiger partial charge in [0.15, 0.2) is 11.6 Å². The van der Waals surface area contributed by atoms with Crippen LogP contribution in [0.3, 0.4) is 0 Å². The van der Waals surface area contributed by atoms with Crippen molar-refractivity contribution in [3.63, 3.8) is 0 Å². The first-order valence-electron chi connectivity index (χ1n) is 4.25. The van der Waals surface area contributed by atoms with E-state index in [2.05, 4.69) is 0 Å². The van der Waals surface area contributed by atoms with Crippen LogP contribution in [0.25, 0.3) is 0 Å². The van der Waals surface area contributed by atoms with Gasteiger partial charge in [0.05, 0.1) is 5.56 Å². The molecule has 6 heteroatoms. The number of carboxylic acid groups (broad SMARTS) is 1. The topological polar surface area (TPSA) is 54.4 Å². The zero-order valence-corrected chi connectivity index (χ0v) is 8.13. The van der Waals surface area contributed by atoms with Crippen LogP contribution in [-0.4, -0.2) is 16.9 Å². The van der Waals surface area contributed by atoms with Crippen LogP contribution in [-0.2, 0) is 4.79 Å². The van der Waals surface area contributed by atoms with Crippen LogP contribution >= 0.6 is 0 Å². The van der Waals surface area contributed by atoms with E-state index in [4.69, 9.17) is 5.11 Å². The minimum Gasteiger partial charge on any atom is -0.475 e. The van der Waals surface area contributed by atoms with Crippen molar-refractivity contribution in [2.24, 2.45) is 0 Å². The van der Waals surface area contributed by atoms with Crippen LogP contribution in [0.15, 0.2) is 12.1 Å². The van der Waals surface area contributed by atoms with Gasteiger partial charge in [-0.15, -0.1) is 0 Å². The summed E-state index contributed by atoms with van der Waals surface area (Å²) >= 11 is 0. The predicted octanol–water partition coefficient (Wildman–Crippen LogP) is 2.26. The number of alkyl halides is 1. The molecule has 0 aliphatic carbocycles. The fourth-order valence-electron chi connectivity index (χ4n) is 1.12. The number of rotatable bonds is 3. The zero-order valence-electron chi connectivity index (χ0n) is 8.13. The summed E-state index contributed by atoms with van der Waals surface area (Å²) in [4.78, 5) is 21.3. The lowest BCUT2D eigenvalue weighted by Gasteiger charge is -2.06. The van der Waals surface area contributed by atoms with Gasteiger partial charge in [-0.25, -0.2) is 18.0 Å². The van der Waals surface area contributed by atoms with E-state index in [1.54, 1.807) is 0 Å². The summed E-state index contributed by atoms with van der Waals surface area (Å²) in [6.45, 7) is 1.06. The van der Waals surface area contributed by atoms with Crippen LogP contribution in [0, 0.1) is 11.6 Å². The van der Waals surface area contributed by atoms with Gasteiger partial charge in [-0.1, -0.05) is 0 Å². The smallest absolute Gasteiger partial charge is 0.377 e. The molecule has 0 radical (unpaired) electrons. The third kappa shape index (κ3) is 2.21. The molecule has 3 nitrogen and oxygen atoms in total. The second kappa shape index (κ2) is 4.34. The van der Waals surface area contributed by atoms with Crippen molar-refractivity contribution in [3.05, 3.63) is 34.9 Å². The molecular formula is C10H7F3O3. The molecule has 1 aromatic rings. The first-order valence-corrected chi connectivity index (χ1v) is 4.25. The maximum absolute atomic E-state index is 13.1. The van der Waals surface area contributed by atoms with E-state index in [0.29, 0.717) is 12.1 Å². The van der Waals surface area contributed by atoms with E-state index in [1.807, 2.05) is 0 Å². The van der Waals surface area contributed by atoms with Gasteiger partial charge < -0.3 is 5.11 Å². The molecule has 0 spiro atoms. The van der Waals surface area contributed by atoms with Crippen LogP contribution in [0.1, 0.15) is 29.0 Å². The molecule has 0 fully saturated rings. The van der Waals surface area contributed by atoms with Crippen molar-refractivity contribution < 1.29 is 27.9 Å². The molecule has 0 saturated heterocycles. The van der Waals surface area contributed by atoms with Gasteiger partial charge >= 0.3 is 5.97 Å². The van der Waals surface area contributed by atoms with E-state index >= 15 is 0 Å². The number of Topliss-reactive ketones (excluding diaryl/α,β-unsaturated/α-hetero) is 1. The van der Waals surface area contributed by atoms with Crippen molar-refractivity contribution in [1.82, 2.24) is 0 Å². The molecule has 0 aliphatic heterocycles. The number of hydrogen-bond acceptors (Lipinski definition) is 2. The molecular weight excluding hydrogens is 225 g/mol. The molecule has 1 rings (SSSR count). The second-order valence-electron chi connectivity index (χ2n) is 3.11. The van der Waals surface area contributed by atoms with Crippen LogP contribution in [0.5, 0.6) is 0 Å². The van der Waals surface area contributed by atoms with E-state index in [1.165, 1.54) is 0 Å². The molecule has 1 aromatic carbocycles. The van der Waals surface area contributed by atoms with E-state index in [9.17, 15) is 22.8 Å². The summed E-state index contributed by atoms with van der Waals surface area (Å²) in [6, 6.07) is 1.28. The zero-order chi connectivity index (χ0) is 12.5. The standard InChI is InChI=1S/C10H7F3O3/c1-4(11)5-2-6(9(14)10(15)16)8(13)7(12)3-5/h2-4H,1H3,(H,15,16).